The number of hydrogen-bond donors (Lipinski definition) is 2. The molecule has 6 heteroatoms. The van der Waals surface area contributed by atoms with Crippen LogP contribution in [0.3, 0.4) is 0 Å². The number of aromatic nitrogens is 3. The molecule has 3 heterocycles. The molecule has 0 bridgehead atoms. The molecule has 2 aromatic heterocycles. The molecule has 23 heavy (non-hydrogen) atoms. The van der Waals surface area contributed by atoms with Crippen LogP contribution in [-0.4, -0.2) is 40.5 Å². The molecule has 1 amide bonds. The third-order valence-corrected chi connectivity index (χ3v) is 4.86. The van der Waals surface area contributed by atoms with Gasteiger partial charge in [0.05, 0.1) is 11.3 Å². The normalized spacial score (nSPS) is 21.6. The first kappa shape index (κ1) is 14.5. The van der Waals surface area contributed by atoms with E-state index in [-0.39, 0.29) is 11.8 Å². The van der Waals surface area contributed by atoms with Gasteiger partial charge in [-0.25, -0.2) is 9.97 Å². The van der Waals surface area contributed by atoms with Crippen LogP contribution in [0.4, 0.5) is 5.82 Å². The molecule has 0 radical (unpaired) electrons. The van der Waals surface area contributed by atoms with Gasteiger partial charge < -0.3 is 15.2 Å². The minimum Gasteiger partial charge on any atom is -0.356 e. The van der Waals surface area contributed by atoms with Crippen LogP contribution in [0, 0.1) is 18.8 Å². The highest BCUT2D eigenvalue weighted by atomic mass is 16.1. The zero-order valence-corrected chi connectivity index (χ0v) is 13.5. The van der Waals surface area contributed by atoms with Gasteiger partial charge in [0.15, 0.2) is 0 Å². The fraction of sp³-hybridized carbons (Fsp3) is 0.588. The zero-order valence-electron chi connectivity index (χ0n) is 13.5. The Morgan fingerprint density at radius 2 is 2.26 bits per heavy atom. The Kier molecular flexibility index (Phi) is 3.67. The van der Waals surface area contributed by atoms with Crippen molar-refractivity contribution in [3.8, 4) is 0 Å². The Hall–Kier alpha value is -2.11. The van der Waals surface area contributed by atoms with Gasteiger partial charge in [-0.15, -0.1) is 0 Å². The molecular formula is C17H23N5O. The number of anilines is 1. The van der Waals surface area contributed by atoms with Crippen LogP contribution >= 0.6 is 0 Å². The van der Waals surface area contributed by atoms with Gasteiger partial charge >= 0.3 is 0 Å². The quantitative estimate of drug-likeness (QED) is 0.905. The smallest absolute Gasteiger partial charge is 0.224 e. The summed E-state index contributed by atoms with van der Waals surface area (Å²) in [5, 5.41) is 4.16. The second kappa shape index (κ2) is 5.83. The van der Waals surface area contributed by atoms with Crippen molar-refractivity contribution in [1.82, 2.24) is 20.3 Å². The number of carbonyl (C=O) groups is 1. The highest BCUT2D eigenvalue weighted by Gasteiger charge is 2.29. The monoisotopic (exact) mass is 313 g/mol. The molecule has 0 spiro atoms. The van der Waals surface area contributed by atoms with Crippen molar-refractivity contribution >= 4 is 22.8 Å². The van der Waals surface area contributed by atoms with Crippen molar-refractivity contribution in [1.29, 1.82) is 0 Å². The molecule has 0 unspecified atom stereocenters. The third kappa shape index (κ3) is 3.02. The summed E-state index contributed by atoms with van der Waals surface area (Å²) in [4.78, 5) is 26.9. The summed E-state index contributed by atoms with van der Waals surface area (Å²) < 4.78 is 0. The van der Waals surface area contributed by atoms with Crippen molar-refractivity contribution < 1.29 is 4.79 Å². The molecule has 6 nitrogen and oxygen atoms in total. The standard InChI is InChI=1S/C17H23N5O/c1-11-20-15-14(6-7-18-15)16(21-11)22-8-2-3-13(10-22)17(23)19-9-12-4-5-12/h6-7,12-13H,2-5,8-10H2,1H3,(H,19,23)(H,18,20,21)/t13-/m0/s1. The van der Waals surface area contributed by atoms with Crippen molar-refractivity contribution in [3.05, 3.63) is 18.1 Å². The number of piperidine rings is 1. The van der Waals surface area contributed by atoms with Crippen LogP contribution in [0.5, 0.6) is 0 Å². The maximum Gasteiger partial charge on any atom is 0.224 e. The number of aromatic amines is 1. The van der Waals surface area contributed by atoms with Gasteiger partial charge in [0.25, 0.3) is 0 Å². The predicted molar refractivity (Wildman–Crippen MR) is 89.3 cm³/mol. The second-order valence-electron chi connectivity index (χ2n) is 6.81. The Labute approximate surface area is 135 Å². The van der Waals surface area contributed by atoms with E-state index in [1.54, 1.807) is 0 Å². The van der Waals surface area contributed by atoms with Crippen LogP contribution in [-0.2, 0) is 4.79 Å². The van der Waals surface area contributed by atoms with Crippen LogP contribution in [0.15, 0.2) is 12.3 Å². The van der Waals surface area contributed by atoms with Gasteiger partial charge in [-0.2, -0.15) is 0 Å². The van der Waals surface area contributed by atoms with Gasteiger partial charge in [0.2, 0.25) is 5.91 Å². The second-order valence-corrected chi connectivity index (χ2v) is 6.81. The average molecular weight is 313 g/mol. The molecule has 1 atom stereocenters. The van der Waals surface area contributed by atoms with Crippen LogP contribution in [0.25, 0.3) is 11.0 Å². The summed E-state index contributed by atoms with van der Waals surface area (Å²) in [6.07, 6.45) is 6.42. The van der Waals surface area contributed by atoms with Crippen molar-refractivity contribution in [3.63, 3.8) is 0 Å². The lowest BCUT2D eigenvalue weighted by Crippen LogP contribution is -2.44. The Morgan fingerprint density at radius 3 is 3.09 bits per heavy atom. The van der Waals surface area contributed by atoms with Crippen LogP contribution < -0.4 is 10.2 Å². The van der Waals surface area contributed by atoms with E-state index in [4.69, 9.17) is 0 Å². The molecule has 2 N–H and O–H groups in total. The number of aryl methyl sites for hydroxylation is 1. The Balaban J connectivity index is 1.51. The van der Waals surface area contributed by atoms with E-state index in [0.717, 1.165) is 61.1 Å². The van der Waals surface area contributed by atoms with Crippen molar-refractivity contribution in [2.24, 2.45) is 11.8 Å². The molecular weight excluding hydrogens is 290 g/mol. The van der Waals surface area contributed by atoms with E-state index in [0.29, 0.717) is 0 Å². The van der Waals surface area contributed by atoms with Gasteiger partial charge in [0, 0.05) is 25.8 Å². The number of amides is 1. The van der Waals surface area contributed by atoms with Crippen LogP contribution in [0.2, 0.25) is 0 Å². The Bertz CT molecular complexity index is 721. The van der Waals surface area contributed by atoms with E-state index < -0.39 is 0 Å². The minimum atomic E-state index is 0.0618. The summed E-state index contributed by atoms with van der Waals surface area (Å²) in [6.45, 7) is 4.45. The third-order valence-electron chi connectivity index (χ3n) is 4.86. The summed E-state index contributed by atoms with van der Waals surface area (Å²) >= 11 is 0. The molecule has 4 rings (SSSR count). The number of hydrogen-bond acceptors (Lipinski definition) is 4. The first-order chi connectivity index (χ1) is 11.2. The number of nitrogens with one attached hydrogen (secondary N) is 2. The summed E-state index contributed by atoms with van der Waals surface area (Å²) in [5.74, 6) is 2.70. The molecule has 122 valence electrons. The van der Waals surface area contributed by atoms with Crippen molar-refractivity contribution in [2.75, 3.05) is 24.5 Å². The molecule has 1 saturated carbocycles. The van der Waals surface area contributed by atoms with Gasteiger partial charge in [-0.3, -0.25) is 4.79 Å². The molecule has 1 aliphatic heterocycles. The number of H-pyrrole nitrogens is 1. The van der Waals surface area contributed by atoms with Gasteiger partial charge in [-0.1, -0.05) is 0 Å². The van der Waals surface area contributed by atoms with Gasteiger partial charge in [-0.05, 0) is 44.6 Å². The molecule has 1 aliphatic carbocycles. The topological polar surface area (TPSA) is 73.9 Å². The van der Waals surface area contributed by atoms with Crippen LogP contribution in [0.1, 0.15) is 31.5 Å². The largest absolute Gasteiger partial charge is 0.356 e. The fourth-order valence-corrected chi connectivity index (χ4v) is 3.37. The summed E-state index contributed by atoms with van der Waals surface area (Å²) in [6, 6.07) is 2.01. The summed E-state index contributed by atoms with van der Waals surface area (Å²) in [5.41, 5.74) is 0.868. The highest BCUT2D eigenvalue weighted by Crippen LogP contribution is 2.29. The van der Waals surface area contributed by atoms with Crippen molar-refractivity contribution in [2.45, 2.75) is 32.6 Å². The lowest BCUT2D eigenvalue weighted by molar-refractivity contribution is -0.125. The van der Waals surface area contributed by atoms with E-state index in [2.05, 4.69) is 25.2 Å². The van der Waals surface area contributed by atoms with Gasteiger partial charge in [0.1, 0.15) is 17.3 Å². The molecule has 2 aromatic rings. The zero-order chi connectivity index (χ0) is 15.8. The number of carbonyl (C=O) groups excluding carboxylic acids is 1. The summed E-state index contributed by atoms with van der Waals surface area (Å²) in [7, 11) is 0. The molecule has 1 saturated heterocycles. The first-order valence-electron chi connectivity index (χ1n) is 8.55. The highest BCUT2D eigenvalue weighted by molar-refractivity contribution is 5.88. The molecule has 2 aliphatic rings. The predicted octanol–water partition coefficient (Wildman–Crippen LogP) is 2.01. The maximum absolute atomic E-state index is 12.4. The first-order valence-corrected chi connectivity index (χ1v) is 8.55. The van der Waals surface area contributed by atoms with E-state index >= 15 is 0 Å². The van der Waals surface area contributed by atoms with E-state index in [1.807, 2.05) is 19.2 Å². The number of nitrogens with zero attached hydrogens (tertiary/aromatic N) is 3. The number of rotatable bonds is 4. The molecule has 0 aromatic carbocycles. The maximum atomic E-state index is 12.4. The van der Waals surface area contributed by atoms with E-state index in [9.17, 15) is 4.79 Å². The Morgan fingerprint density at radius 1 is 1.39 bits per heavy atom. The minimum absolute atomic E-state index is 0.0618. The fourth-order valence-electron chi connectivity index (χ4n) is 3.37. The molecule has 2 fully saturated rings. The SMILES string of the molecule is Cc1nc(N2CCC[C@H](C(=O)NCC3CC3)C2)c2cc[nH]c2n1. The number of fused-ring (bicyclic) bond motifs is 1. The van der Waals surface area contributed by atoms with E-state index in [1.165, 1.54) is 12.8 Å². The lowest BCUT2D eigenvalue weighted by atomic mass is 9.97. The average Bonchev–Trinajstić information content (AvgIpc) is 3.28. The lowest BCUT2D eigenvalue weighted by Gasteiger charge is -2.33.